The van der Waals surface area contributed by atoms with E-state index in [-0.39, 0.29) is 5.56 Å². The van der Waals surface area contributed by atoms with E-state index in [1.807, 2.05) is 0 Å². The predicted octanol–water partition coefficient (Wildman–Crippen LogP) is 5.11. The minimum absolute atomic E-state index is 0.124. The van der Waals surface area contributed by atoms with Crippen LogP contribution in [0.15, 0.2) is 23.1 Å². The molecule has 0 fully saturated rings. The van der Waals surface area contributed by atoms with Gasteiger partial charge in [-0.1, -0.05) is 12.1 Å². The van der Waals surface area contributed by atoms with Crippen molar-refractivity contribution in [3.05, 3.63) is 29.3 Å². The monoisotopic (exact) mass is 318 g/mol. The fourth-order valence-electron chi connectivity index (χ4n) is 1.33. The number of carbonyl (C=O) groups excluding carboxylic acids is 1. The van der Waals surface area contributed by atoms with Crippen molar-refractivity contribution < 1.29 is 26.7 Å². The summed E-state index contributed by atoms with van der Waals surface area (Å²) in [5.41, 5.74) is -5.33. The third kappa shape index (κ3) is 4.65. The molecule has 0 spiro atoms. The Hall–Kier alpha value is -0.820. The summed E-state index contributed by atoms with van der Waals surface area (Å²) in [6, 6.07) is 2.68. The van der Waals surface area contributed by atoms with Crippen LogP contribution in [-0.4, -0.2) is 11.3 Å². The van der Waals surface area contributed by atoms with Gasteiger partial charge in [0, 0.05) is 10.5 Å². The lowest BCUT2D eigenvalue weighted by molar-refractivity contribution is -0.116. The maximum atomic E-state index is 12.5. The summed E-state index contributed by atoms with van der Waals surface area (Å²) in [7, 11) is 0. The van der Waals surface area contributed by atoms with Gasteiger partial charge >= 0.3 is 5.51 Å². The summed E-state index contributed by atoms with van der Waals surface area (Å²) >= 11 is 5.12. The lowest BCUT2D eigenvalue weighted by atomic mass is 10.1. The molecule has 1 aromatic rings. The van der Waals surface area contributed by atoms with Crippen LogP contribution in [0.2, 0.25) is 0 Å². The van der Waals surface area contributed by atoms with Crippen molar-refractivity contribution in [2.24, 2.45) is 0 Å². The molecule has 0 saturated heterocycles. The molecule has 8 heteroatoms. The molecule has 0 aliphatic heterocycles. The van der Waals surface area contributed by atoms with E-state index in [0.29, 0.717) is 6.07 Å². The molecule has 0 heterocycles. The van der Waals surface area contributed by atoms with Crippen molar-refractivity contribution in [2.45, 2.75) is 29.1 Å². The Labute approximate surface area is 115 Å². The van der Waals surface area contributed by atoms with Crippen LogP contribution in [0.4, 0.5) is 22.0 Å². The maximum absolute atomic E-state index is 12.5. The zero-order chi connectivity index (χ0) is 14.8. The Bertz CT molecular complexity index is 475. The van der Waals surface area contributed by atoms with Crippen LogP contribution in [0.3, 0.4) is 0 Å². The second-order valence-electron chi connectivity index (χ2n) is 3.62. The molecule has 1 unspecified atom stereocenters. The third-order valence-electron chi connectivity index (χ3n) is 2.15. The second-order valence-corrected chi connectivity index (χ2v) is 5.16. The van der Waals surface area contributed by atoms with Crippen molar-refractivity contribution in [1.29, 1.82) is 0 Å². The number of ketones is 1. The Kier molecular flexibility index (Phi) is 5.20. The molecule has 1 atom stereocenters. The molecule has 1 nitrogen and oxygen atoms in total. The Morgan fingerprint density at radius 2 is 1.89 bits per heavy atom. The number of benzene rings is 1. The van der Waals surface area contributed by atoms with Crippen LogP contribution in [0, 0.1) is 0 Å². The average Bonchev–Trinajstić information content (AvgIpc) is 2.25. The standard InChI is InChI=1S/C11H8ClF5OS/c1-5(18)9(12)7-3-2-6(10(13)14)4-8(7)19-11(15,16)17/h2-4,9-10H,1H3. The predicted molar refractivity (Wildman–Crippen MR) is 62.6 cm³/mol. The SMILES string of the molecule is CC(=O)C(Cl)c1ccc(C(F)F)cc1SC(F)(F)F. The lowest BCUT2D eigenvalue weighted by Crippen LogP contribution is -2.07. The van der Waals surface area contributed by atoms with Crippen LogP contribution in [-0.2, 0) is 4.79 Å². The van der Waals surface area contributed by atoms with E-state index >= 15 is 0 Å². The first-order valence-electron chi connectivity index (χ1n) is 4.94. The topological polar surface area (TPSA) is 17.1 Å². The number of carbonyl (C=O) groups is 1. The minimum Gasteiger partial charge on any atom is -0.298 e. The van der Waals surface area contributed by atoms with Crippen LogP contribution < -0.4 is 0 Å². The molecule has 0 N–H and O–H groups in total. The highest BCUT2D eigenvalue weighted by atomic mass is 35.5. The van der Waals surface area contributed by atoms with E-state index in [0.717, 1.165) is 19.1 Å². The number of hydrogen-bond acceptors (Lipinski definition) is 2. The highest BCUT2D eigenvalue weighted by molar-refractivity contribution is 8.00. The minimum atomic E-state index is -4.65. The van der Waals surface area contributed by atoms with Crippen molar-refractivity contribution in [2.75, 3.05) is 0 Å². The molecule has 1 aromatic carbocycles. The van der Waals surface area contributed by atoms with Crippen LogP contribution in [0.25, 0.3) is 0 Å². The lowest BCUT2D eigenvalue weighted by Gasteiger charge is -2.15. The van der Waals surface area contributed by atoms with Crippen LogP contribution >= 0.6 is 23.4 Å². The highest BCUT2D eigenvalue weighted by Gasteiger charge is 2.32. The number of halogens is 6. The highest BCUT2D eigenvalue weighted by Crippen LogP contribution is 2.42. The molecule has 0 radical (unpaired) electrons. The van der Waals surface area contributed by atoms with Gasteiger partial charge in [-0.05, 0) is 30.3 Å². The molecule has 0 amide bonds. The quantitative estimate of drug-likeness (QED) is 0.436. The zero-order valence-electron chi connectivity index (χ0n) is 9.47. The third-order valence-corrected chi connectivity index (χ3v) is 3.49. The first kappa shape index (κ1) is 16.2. The average molecular weight is 319 g/mol. The van der Waals surface area contributed by atoms with Gasteiger partial charge in [-0.15, -0.1) is 11.6 Å². The number of hydrogen-bond donors (Lipinski definition) is 0. The van der Waals surface area contributed by atoms with E-state index < -0.39 is 45.3 Å². The van der Waals surface area contributed by atoms with Crippen LogP contribution in [0.5, 0.6) is 0 Å². The Morgan fingerprint density at radius 3 is 2.32 bits per heavy atom. The molecule has 106 valence electrons. The van der Waals surface area contributed by atoms with Crippen molar-refractivity contribution >= 4 is 29.1 Å². The van der Waals surface area contributed by atoms with E-state index in [1.54, 1.807) is 0 Å². The summed E-state index contributed by atoms with van der Waals surface area (Å²) in [5, 5.41) is -1.29. The van der Waals surface area contributed by atoms with E-state index in [1.165, 1.54) is 0 Å². The van der Waals surface area contributed by atoms with Gasteiger partial charge in [-0.3, -0.25) is 4.79 Å². The van der Waals surface area contributed by atoms with Gasteiger partial charge in [0.15, 0.2) is 5.78 Å². The number of rotatable bonds is 4. The van der Waals surface area contributed by atoms with Gasteiger partial charge in [-0.25, -0.2) is 8.78 Å². The fraction of sp³-hybridized carbons (Fsp3) is 0.364. The van der Waals surface area contributed by atoms with Crippen molar-refractivity contribution in [3.8, 4) is 0 Å². The number of Topliss-reactive ketones (excluding diaryl/α,β-unsaturated/α-hetero) is 1. The molecule has 0 aliphatic rings. The summed E-state index contributed by atoms with van der Waals surface area (Å²) in [6.07, 6.45) is -2.90. The molecular weight excluding hydrogens is 311 g/mol. The largest absolute Gasteiger partial charge is 0.446 e. The summed E-state index contributed by atoms with van der Waals surface area (Å²) in [4.78, 5) is 10.6. The second kappa shape index (κ2) is 6.09. The van der Waals surface area contributed by atoms with Gasteiger partial charge in [-0.2, -0.15) is 13.2 Å². The molecule has 0 aromatic heterocycles. The molecule has 0 aliphatic carbocycles. The normalized spacial score (nSPS) is 13.7. The fourth-order valence-corrected chi connectivity index (χ4v) is 2.33. The molecule has 19 heavy (non-hydrogen) atoms. The number of thioether (sulfide) groups is 1. The molecule has 0 bridgehead atoms. The van der Waals surface area contributed by atoms with Gasteiger partial charge in [0.25, 0.3) is 6.43 Å². The first-order chi connectivity index (χ1) is 8.61. The van der Waals surface area contributed by atoms with Gasteiger partial charge in [0.1, 0.15) is 5.38 Å². The first-order valence-corrected chi connectivity index (χ1v) is 6.19. The molecule has 1 rings (SSSR count). The van der Waals surface area contributed by atoms with Gasteiger partial charge in [0.05, 0.1) is 0 Å². The van der Waals surface area contributed by atoms with Crippen LogP contribution in [0.1, 0.15) is 29.9 Å². The van der Waals surface area contributed by atoms with E-state index in [4.69, 9.17) is 11.6 Å². The van der Waals surface area contributed by atoms with Crippen molar-refractivity contribution in [3.63, 3.8) is 0 Å². The van der Waals surface area contributed by atoms with E-state index in [9.17, 15) is 26.7 Å². The molecular formula is C11H8ClF5OS. The van der Waals surface area contributed by atoms with Gasteiger partial charge in [0.2, 0.25) is 0 Å². The molecule has 0 saturated carbocycles. The zero-order valence-corrected chi connectivity index (χ0v) is 11.0. The summed E-state index contributed by atoms with van der Waals surface area (Å²) < 4.78 is 62.1. The van der Waals surface area contributed by atoms with E-state index in [2.05, 4.69) is 0 Å². The van der Waals surface area contributed by atoms with Gasteiger partial charge < -0.3 is 0 Å². The summed E-state index contributed by atoms with van der Waals surface area (Å²) in [5.74, 6) is -0.560. The summed E-state index contributed by atoms with van der Waals surface area (Å²) in [6.45, 7) is 1.11. The Morgan fingerprint density at radius 1 is 1.32 bits per heavy atom. The number of alkyl halides is 6. The maximum Gasteiger partial charge on any atom is 0.446 e. The Balaban J connectivity index is 3.26. The smallest absolute Gasteiger partial charge is 0.298 e. The van der Waals surface area contributed by atoms with Crippen molar-refractivity contribution in [1.82, 2.24) is 0 Å².